The van der Waals surface area contributed by atoms with Crippen LogP contribution < -0.4 is 0 Å². The lowest BCUT2D eigenvalue weighted by Crippen LogP contribution is -1.88. The Balaban J connectivity index is 2.28. The molecule has 0 spiro atoms. The van der Waals surface area contributed by atoms with E-state index in [0.717, 1.165) is 9.94 Å². The van der Waals surface area contributed by atoms with E-state index in [4.69, 9.17) is 11.6 Å². The first-order valence-corrected chi connectivity index (χ1v) is 6.93. The summed E-state index contributed by atoms with van der Waals surface area (Å²) in [7, 11) is 0. The van der Waals surface area contributed by atoms with E-state index >= 15 is 0 Å². The van der Waals surface area contributed by atoms with Crippen molar-refractivity contribution in [3.05, 3.63) is 39.8 Å². The van der Waals surface area contributed by atoms with Gasteiger partial charge in [-0.25, -0.2) is 0 Å². The second kappa shape index (κ2) is 5.08. The zero-order chi connectivity index (χ0) is 11.5. The average Bonchev–Trinajstić information content (AvgIpc) is 2.63. The molecule has 0 unspecified atom stereocenters. The van der Waals surface area contributed by atoms with Gasteiger partial charge in [-0.2, -0.15) is 4.99 Å². The van der Waals surface area contributed by atoms with Gasteiger partial charge in [-0.05, 0) is 24.0 Å². The lowest BCUT2D eigenvalue weighted by Gasteiger charge is -1.98. The minimum Gasteiger partial charge on any atom is -0.266 e. The van der Waals surface area contributed by atoms with E-state index in [2.05, 4.69) is 4.99 Å². The molecular weight excluding hydrogens is 262 g/mol. The Bertz CT molecular complexity index is 497. The highest BCUT2D eigenvalue weighted by molar-refractivity contribution is 8.40. The topological polar surface area (TPSA) is 29.4 Å². The Morgan fingerprint density at radius 1 is 1.44 bits per heavy atom. The number of hydrogen-bond acceptors (Lipinski definition) is 3. The molecule has 1 aromatic rings. The van der Waals surface area contributed by atoms with Crippen LogP contribution in [0.1, 0.15) is 5.56 Å². The number of carbonyl (C=O) groups is 1. The minimum atomic E-state index is -0.186. The maximum absolute atomic E-state index is 11.5. The molecular formula is C11H8ClNOS2. The van der Waals surface area contributed by atoms with Gasteiger partial charge in [-0.3, -0.25) is 4.79 Å². The number of carbonyl (C=O) groups excluding carboxylic acids is 1. The molecule has 0 fully saturated rings. The van der Waals surface area contributed by atoms with E-state index in [9.17, 15) is 4.79 Å². The van der Waals surface area contributed by atoms with Crippen molar-refractivity contribution < 1.29 is 4.79 Å². The molecule has 0 saturated carbocycles. The average molecular weight is 270 g/mol. The maximum Gasteiger partial charge on any atom is 0.285 e. The third-order valence-electron chi connectivity index (χ3n) is 1.97. The molecule has 2 nitrogen and oxygen atoms in total. The smallest absolute Gasteiger partial charge is 0.266 e. The van der Waals surface area contributed by atoms with Crippen molar-refractivity contribution in [2.45, 2.75) is 0 Å². The SMILES string of the molecule is CSC1=NC(=O)C(=Cc2ccccc2Cl)S1. The third-order valence-corrected chi connectivity index (χ3v) is 4.28. The van der Waals surface area contributed by atoms with Crippen molar-refractivity contribution in [2.24, 2.45) is 4.99 Å². The lowest BCUT2D eigenvalue weighted by molar-refractivity contribution is -0.113. The van der Waals surface area contributed by atoms with Crippen LogP contribution in [-0.4, -0.2) is 16.5 Å². The van der Waals surface area contributed by atoms with Crippen LogP contribution in [-0.2, 0) is 4.79 Å². The molecule has 0 aromatic heterocycles. The molecule has 0 aliphatic carbocycles. The zero-order valence-corrected chi connectivity index (χ0v) is 10.8. The van der Waals surface area contributed by atoms with E-state index in [0.29, 0.717) is 9.93 Å². The molecule has 5 heteroatoms. The van der Waals surface area contributed by atoms with Crippen molar-refractivity contribution in [1.29, 1.82) is 0 Å². The monoisotopic (exact) mass is 269 g/mol. The number of amides is 1. The van der Waals surface area contributed by atoms with Crippen LogP contribution in [0.5, 0.6) is 0 Å². The van der Waals surface area contributed by atoms with Crippen molar-refractivity contribution in [2.75, 3.05) is 6.26 Å². The fraction of sp³-hybridized carbons (Fsp3) is 0.0909. The summed E-state index contributed by atoms with van der Waals surface area (Å²) in [5.41, 5.74) is 0.845. The van der Waals surface area contributed by atoms with Crippen molar-refractivity contribution in [1.82, 2.24) is 0 Å². The van der Waals surface area contributed by atoms with Crippen LogP contribution in [0.25, 0.3) is 6.08 Å². The molecule has 82 valence electrons. The van der Waals surface area contributed by atoms with Gasteiger partial charge in [0.2, 0.25) is 0 Å². The number of hydrogen-bond donors (Lipinski definition) is 0. The first kappa shape index (κ1) is 11.8. The largest absolute Gasteiger partial charge is 0.285 e. The van der Waals surface area contributed by atoms with E-state index in [1.54, 1.807) is 12.1 Å². The number of aliphatic imine (C=N–C) groups is 1. The molecule has 0 radical (unpaired) electrons. The number of halogens is 1. The zero-order valence-electron chi connectivity index (χ0n) is 8.44. The van der Waals surface area contributed by atoms with Gasteiger partial charge >= 0.3 is 0 Å². The summed E-state index contributed by atoms with van der Waals surface area (Å²) in [5.74, 6) is -0.186. The fourth-order valence-electron chi connectivity index (χ4n) is 1.21. The van der Waals surface area contributed by atoms with Gasteiger partial charge < -0.3 is 0 Å². The third kappa shape index (κ3) is 2.51. The Morgan fingerprint density at radius 2 is 2.19 bits per heavy atom. The van der Waals surface area contributed by atoms with E-state index in [-0.39, 0.29) is 5.91 Å². The van der Waals surface area contributed by atoms with Gasteiger partial charge in [0.05, 0.1) is 4.91 Å². The molecule has 1 aromatic carbocycles. The summed E-state index contributed by atoms with van der Waals surface area (Å²) in [4.78, 5) is 16.1. The summed E-state index contributed by atoms with van der Waals surface area (Å²) in [6.07, 6.45) is 3.68. The first-order chi connectivity index (χ1) is 7.70. The van der Waals surface area contributed by atoms with Crippen molar-refractivity contribution in [3.63, 3.8) is 0 Å². The second-order valence-electron chi connectivity index (χ2n) is 3.02. The highest BCUT2D eigenvalue weighted by Gasteiger charge is 2.21. The Kier molecular flexibility index (Phi) is 3.74. The minimum absolute atomic E-state index is 0.186. The summed E-state index contributed by atoms with van der Waals surface area (Å²) in [5, 5.41) is 0.640. The van der Waals surface area contributed by atoms with E-state index in [1.807, 2.05) is 24.5 Å². The van der Waals surface area contributed by atoms with Gasteiger partial charge in [0.1, 0.15) is 4.38 Å². The molecule has 1 aliphatic heterocycles. The molecule has 2 rings (SSSR count). The highest BCUT2D eigenvalue weighted by Crippen LogP contribution is 2.33. The van der Waals surface area contributed by atoms with E-state index < -0.39 is 0 Å². The molecule has 0 atom stereocenters. The molecule has 16 heavy (non-hydrogen) atoms. The predicted molar refractivity (Wildman–Crippen MR) is 73.0 cm³/mol. The van der Waals surface area contributed by atoms with Gasteiger partial charge in [-0.15, -0.1) is 11.8 Å². The molecule has 1 amide bonds. The molecule has 1 aliphatic rings. The van der Waals surface area contributed by atoms with Crippen LogP contribution in [0.3, 0.4) is 0 Å². The Hall–Kier alpha value is -0.710. The number of benzene rings is 1. The second-order valence-corrected chi connectivity index (χ2v) is 5.51. The van der Waals surface area contributed by atoms with Gasteiger partial charge in [0.15, 0.2) is 0 Å². The van der Waals surface area contributed by atoms with Crippen molar-refractivity contribution >= 4 is 51.5 Å². The Morgan fingerprint density at radius 3 is 2.81 bits per heavy atom. The van der Waals surface area contributed by atoms with Gasteiger partial charge in [0, 0.05) is 5.02 Å². The van der Waals surface area contributed by atoms with Gasteiger partial charge in [-0.1, -0.05) is 41.6 Å². The maximum atomic E-state index is 11.5. The number of thioether (sulfide) groups is 2. The number of rotatable bonds is 1. The standard InChI is InChI=1S/C11H8ClNOS2/c1-15-11-13-10(14)9(16-11)6-7-4-2-3-5-8(7)12/h2-6H,1H3. The summed E-state index contributed by atoms with van der Waals surface area (Å²) >= 11 is 8.87. The molecule has 0 saturated heterocycles. The summed E-state index contributed by atoms with van der Waals surface area (Å²) in [6.45, 7) is 0. The van der Waals surface area contributed by atoms with Crippen LogP contribution in [0, 0.1) is 0 Å². The van der Waals surface area contributed by atoms with Crippen LogP contribution in [0.2, 0.25) is 5.02 Å². The van der Waals surface area contributed by atoms with Crippen LogP contribution in [0.15, 0.2) is 34.2 Å². The van der Waals surface area contributed by atoms with Gasteiger partial charge in [0.25, 0.3) is 5.91 Å². The predicted octanol–water partition coefficient (Wildman–Crippen LogP) is 3.67. The van der Waals surface area contributed by atoms with E-state index in [1.165, 1.54) is 23.5 Å². The summed E-state index contributed by atoms with van der Waals surface area (Å²) in [6, 6.07) is 7.42. The highest BCUT2D eigenvalue weighted by atomic mass is 35.5. The molecule has 1 heterocycles. The summed E-state index contributed by atoms with van der Waals surface area (Å²) < 4.78 is 0.781. The van der Waals surface area contributed by atoms with Crippen LogP contribution in [0.4, 0.5) is 0 Å². The Labute approximate surface area is 107 Å². The van der Waals surface area contributed by atoms with Crippen LogP contribution >= 0.6 is 35.1 Å². The lowest BCUT2D eigenvalue weighted by atomic mass is 10.2. The first-order valence-electron chi connectivity index (χ1n) is 4.52. The normalized spacial score (nSPS) is 18.0. The fourth-order valence-corrected chi connectivity index (χ4v) is 2.81. The van der Waals surface area contributed by atoms with Crippen molar-refractivity contribution in [3.8, 4) is 0 Å². The quantitative estimate of drug-likeness (QED) is 0.729. The molecule has 0 N–H and O–H groups in total. The number of nitrogens with zero attached hydrogens (tertiary/aromatic N) is 1. The molecule has 0 bridgehead atoms.